The van der Waals surface area contributed by atoms with Gasteiger partial charge in [-0.25, -0.2) is 9.59 Å². The van der Waals surface area contributed by atoms with Crippen LogP contribution in [0.3, 0.4) is 0 Å². The molecule has 0 aliphatic heterocycles. The van der Waals surface area contributed by atoms with Gasteiger partial charge in [0.15, 0.2) is 8.32 Å². The van der Waals surface area contributed by atoms with Crippen LogP contribution in [-0.2, 0) is 33.6 Å². The molecule has 0 aliphatic carbocycles. The first kappa shape index (κ1) is 38.9. The van der Waals surface area contributed by atoms with Crippen LogP contribution in [0, 0.1) is 19.7 Å². The molecule has 45 heavy (non-hydrogen) atoms. The van der Waals surface area contributed by atoms with Gasteiger partial charge in [-0.1, -0.05) is 38.7 Å². The van der Waals surface area contributed by atoms with Crippen molar-refractivity contribution in [3.63, 3.8) is 0 Å². The zero-order valence-corrected chi connectivity index (χ0v) is 33.6. The minimum atomic E-state index is -1.98. The fraction of sp³-hybridized carbons (Fsp3) is 0.486. The number of alkyl carbamates (subject to hydrolysis) is 2. The lowest BCUT2D eigenvalue weighted by atomic mass is 9.90. The van der Waals surface area contributed by atoms with E-state index in [1.165, 1.54) is 0 Å². The summed E-state index contributed by atoms with van der Waals surface area (Å²) in [6.45, 7) is 23.0. The molecule has 0 bridgehead atoms. The van der Waals surface area contributed by atoms with Crippen LogP contribution in [0.1, 0.15) is 90.1 Å². The van der Waals surface area contributed by atoms with Crippen LogP contribution in [0.2, 0.25) is 18.1 Å². The quantitative estimate of drug-likeness (QED) is 0.157. The number of carbonyl (C=O) groups is 2. The third-order valence-electron chi connectivity index (χ3n) is 6.98. The summed E-state index contributed by atoms with van der Waals surface area (Å²) < 4.78 is 23.5. The summed E-state index contributed by atoms with van der Waals surface area (Å²) in [6.07, 6.45) is -1.03. The van der Waals surface area contributed by atoms with Crippen LogP contribution in [0.25, 0.3) is 11.1 Å². The Bertz CT molecular complexity index is 1420. The average Bonchev–Trinajstić information content (AvgIpc) is 2.87. The molecule has 10 heteroatoms. The van der Waals surface area contributed by atoms with E-state index in [0.29, 0.717) is 6.61 Å². The Morgan fingerprint density at radius 3 is 1.49 bits per heavy atom. The second-order valence-corrected chi connectivity index (χ2v) is 20.2. The fourth-order valence-corrected chi connectivity index (χ4v) is 5.50. The molecule has 244 valence electrons. The Morgan fingerprint density at radius 2 is 1.13 bits per heavy atom. The van der Waals surface area contributed by atoms with Crippen LogP contribution in [0.15, 0.2) is 30.3 Å². The second-order valence-electron chi connectivity index (χ2n) is 14.3. The average molecular weight is 857 g/mol. The third kappa shape index (κ3) is 13.2. The van der Waals surface area contributed by atoms with E-state index in [9.17, 15) is 9.59 Å². The van der Waals surface area contributed by atoms with Crippen molar-refractivity contribution < 1.29 is 23.5 Å². The van der Waals surface area contributed by atoms with E-state index in [4.69, 9.17) is 13.9 Å². The van der Waals surface area contributed by atoms with Crippen molar-refractivity contribution >= 4 is 65.7 Å². The molecule has 2 rings (SSSR count). The zero-order chi connectivity index (χ0) is 34.2. The van der Waals surface area contributed by atoms with Gasteiger partial charge in [0.05, 0.1) is 6.61 Å². The number of halogens is 2. The van der Waals surface area contributed by atoms with Crippen molar-refractivity contribution in [3.8, 4) is 30.8 Å². The van der Waals surface area contributed by atoms with Gasteiger partial charge in [-0.2, -0.15) is 0 Å². The van der Waals surface area contributed by atoms with Crippen molar-refractivity contribution in [1.29, 1.82) is 0 Å². The summed E-state index contributed by atoms with van der Waals surface area (Å²) in [4.78, 5) is 25.0. The van der Waals surface area contributed by atoms with Gasteiger partial charge in [-0.3, -0.25) is 0 Å². The molecule has 0 aromatic heterocycles. The predicted octanol–water partition coefficient (Wildman–Crippen LogP) is 9.41. The van der Waals surface area contributed by atoms with E-state index >= 15 is 0 Å². The van der Waals surface area contributed by atoms with E-state index in [2.05, 4.69) is 76.3 Å². The fourth-order valence-electron chi connectivity index (χ4n) is 3.96. The van der Waals surface area contributed by atoms with Crippen LogP contribution in [-0.4, -0.2) is 31.7 Å². The number of carbonyl (C=O) groups excluding carboxylic acids is 2. The minimum Gasteiger partial charge on any atom is -0.444 e. The standard InChI is InChI=1S/C35H46I2N2O5Si/c1-33(2,3)43-31(40)38-21-24-16-25(22-39-32(41)44-34(4,5)6)18-29(17-24)30-27(12-14-36)19-26(20-28(30)13-15-37)23-42-45(10,11)35(7,8)9/h16-20H,21-23H2,1-11H3,(H,38,40)(H,39,41). The molecular formula is C35H46I2N2O5Si. The molecule has 0 spiro atoms. The first-order valence-electron chi connectivity index (χ1n) is 14.8. The highest BCUT2D eigenvalue weighted by atomic mass is 127. The first-order valence-corrected chi connectivity index (χ1v) is 19.8. The van der Waals surface area contributed by atoms with Gasteiger partial charge >= 0.3 is 12.2 Å². The minimum absolute atomic E-state index is 0.0835. The monoisotopic (exact) mass is 856 g/mol. The number of hydrogen-bond acceptors (Lipinski definition) is 5. The third-order valence-corrected chi connectivity index (χ3v) is 12.0. The van der Waals surface area contributed by atoms with Gasteiger partial charge in [0.25, 0.3) is 0 Å². The summed E-state index contributed by atoms with van der Waals surface area (Å²) in [5.74, 6) is 6.55. The zero-order valence-electron chi connectivity index (χ0n) is 28.3. The normalized spacial score (nSPS) is 11.8. The Hall–Kier alpha value is -2.26. The van der Waals surface area contributed by atoms with E-state index in [0.717, 1.165) is 38.9 Å². The highest BCUT2D eigenvalue weighted by Gasteiger charge is 2.37. The number of rotatable bonds is 8. The van der Waals surface area contributed by atoms with Crippen molar-refractivity contribution in [2.75, 3.05) is 0 Å². The lowest BCUT2D eigenvalue weighted by Gasteiger charge is -2.36. The molecule has 0 saturated carbocycles. The highest BCUT2D eigenvalue weighted by molar-refractivity contribution is 14.1. The molecule has 7 nitrogen and oxygen atoms in total. The van der Waals surface area contributed by atoms with Crippen molar-refractivity contribution in [2.45, 2.75) is 111 Å². The summed E-state index contributed by atoms with van der Waals surface area (Å²) in [5.41, 5.74) is 4.78. The van der Waals surface area contributed by atoms with Gasteiger partial charge < -0.3 is 24.5 Å². The van der Waals surface area contributed by atoms with Crippen molar-refractivity contribution in [3.05, 3.63) is 58.1 Å². The summed E-state index contributed by atoms with van der Waals surface area (Å²) in [5, 5.41) is 5.77. The Balaban J connectivity index is 2.63. The topological polar surface area (TPSA) is 85.9 Å². The van der Waals surface area contributed by atoms with Crippen LogP contribution in [0.5, 0.6) is 0 Å². The first-order chi connectivity index (χ1) is 20.6. The number of hydrogen-bond donors (Lipinski definition) is 2. The molecule has 2 amide bonds. The largest absolute Gasteiger partial charge is 0.444 e. The number of ether oxygens (including phenoxy) is 2. The van der Waals surface area contributed by atoms with E-state index in [1.54, 1.807) is 0 Å². The smallest absolute Gasteiger partial charge is 0.407 e. The van der Waals surface area contributed by atoms with Crippen molar-refractivity contribution in [1.82, 2.24) is 10.6 Å². The molecule has 0 saturated heterocycles. The van der Waals surface area contributed by atoms with Gasteiger partial charge in [0.1, 0.15) is 11.2 Å². The van der Waals surface area contributed by atoms with E-state index < -0.39 is 31.7 Å². The van der Waals surface area contributed by atoms with Gasteiger partial charge in [0, 0.05) is 75.0 Å². The molecule has 2 aromatic carbocycles. The SMILES string of the molecule is CC(C)(C)OC(=O)NCc1cc(CNC(=O)OC(C)(C)C)cc(-c2c(C#CI)cc(CO[Si](C)(C)C(C)(C)C)cc2C#CI)c1. The maximum Gasteiger partial charge on any atom is 0.407 e. The van der Waals surface area contributed by atoms with E-state index in [-0.39, 0.29) is 18.1 Å². The number of benzene rings is 2. The molecule has 0 atom stereocenters. The molecular weight excluding hydrogens is 810 g/mol. The lowest BCUT2D eigenvalue weighted by molar-refractivity contribution is 0.0513. The Morgan fingerprint density at radius 1 is 0.711 bits per heavy atom. The molecule has 0 unspecified atom stereocenters. The summed E-state index contributed by atoms with van der Waals surface area (Å²) in [6, 6.07) is 10.1. The second kappa shape index (κ2) is 16.0. The Kier molecular flexibility index (Phi) is 13.9. The van der Waals surface area contributed by atoms with Crippen LogP contribution < -0.4 is 10.6 Å². The Labute approximate surface area is 298 Å². The lowest BCUT2D eigenvalue weighted by Crippen LogP contribution is -2.40. The number of amides is 2. The highest BCUT2D eigenvalue weighted by Crippen LogP contribution is 2.38. The summed E-state index contributed by atoms with van der Waals surface area (Å²) >= 11 is 4.09. The van der Waals surface area contributed by atoms with Gasteiger partial charge in [0.2, 0.25) is 0 Å². The van der Waals surface area contributed by atoms with Gasteiger partial charge in [-0.05, 0) is 114 Å². The maximum atomic E-state index is 12.5. The molecule has 2 N–H and O–H groups in total. The van der Waals surface area contributed by atoms with Crippen LogP contribution in [0.4, 0.5) is 9.59 Å². The summed E-state index contributed by atoms with van der Waals surface area (Å²) in [7, 11) is -1.98. The molecule has 0 radical (unpaired) electrons. The molecule has 0 heterocycles. The molecule has 0 aliphatic rings. The van der Waals surface area contributed by atoms with Crippen molar-refractivity contribution in [2.24, 2.45) is 0 Å². The van der Waals surface area contributed by atoms with Crippen LogP contribution >= 0.6 is 45.2 Å². The predicted molar refractivity (Wildman–Crippen MR) is 202 cm³/mol. The van der Waals surface area contributed by atoms with E-state index in [1.807, 2.05) is 105 Å². The molecule has 2 aromatic rings. The number of nitrogens with one attached hydrogen (secondary N) is 2. The van der Waals surface area contributed by atoms with Gasteiger partial charge in [-0.15, -0.1) is 0 Å². The maximum absolute atomic E-state index is 12.5. The molecule has 0 fully saturated rings.